The molecule has 6 heteroatoms. The van der Waals surface area contributed by atoms with Crippen molar-refractivity contribution in [3.05, 3.63) is 46.7 Å². The van der Waals surface area contributed by atoms with Crippen LogP contribution in [0, 0.1) is 0 Å². The lowest BCUT2D eigenvalue weighted by atomic mass is 10.2. The van der Waals surface area contributed by atoms with Crippen LogP contribution in [0.25, 0.3) is 0 Å². The highest BCUT2D eigenvalue weighted by atomic mass is 35.5. The number of hydrogen-bond acceptors (Lipinski definition) is 3. The average Bonchev–Trinajstić information content (AvgIpc) is 2.72. The van der Waals surface area contributed by atoms with Crippen LogP contribution in [0.2, 0.25) is 5.02 Å². The molecule has 1 aromatic heterocycles. The number of halogens is 1. The largest absolute Gasteiger partial charge is 0.478 e. The molecule has 0 aliphatic heterocycles. The fourth-order valence-corrected chi connectivity index (χ4v) is 1.76. The Labute approximate surface area is 109 Å². The summed E-state index contributed by atoms with van der Waals surface area (Å²) in [5.41, 5.74) is 1.50. The van der Waals surface area contributed by atoms with Crippen molar-refractivity contribution in [1.82, 2.24) is 9.78 Å². The van der Waals surface area contributed by atoms with E-state index in [-0.39, 0.29) is 5.56 Å². The number of nitrogens with zero attached hydrogens (tertiary/aromatic N) is 2. The number of rotatable bonds is 4. The number of hydrogen-bond donors (Lipinski definition) is 2. The van der Waals surface area contributed by atoms with E-state index < -0.39 is 5.97 Å². The first kappa shape index (κ1) is 12.4. The van der Waals surface area contributed by atoms with E-state index in [0.717, 1.165) is 5.69 Å². The summed E-state index contributed by atoms with van der Waals surface area (Å²) >= 11 is 5.85. The van der Waals surface area contributed by atoms with Gasteiger partial charge in [-0.1, -0.05) is 11.6 Å². The lowest BCUT2D eigenvalue weighted by molar-refractivity contribution is 0.0698. The van der Waals surface area contributed by atoms with Crippen LogP contribution in [0.5, 0.6) is 0 Å². The summed E-state index contributed by atoms with van der Waals surface area (Å²) < 4.78 is 1.69. The Kier molecular flexibility index (Phi) is 3.53. The van der Waals surface area contributed by atoms with E-state index in [0.29, 0.717) is 17.3 Å². The SMILES string of the molecule is Cn1ccc(CNc2cc(Cl)ccc2C(=O)O)n1. The van der Waals surface area contributed by atoms with Gasteiger partial charge in [0.1, 0.15) is 0 Å². The van der Waals surface area contributed by atoms with Gasteiger partial charge in [-0.3, -0.25) is 4.68 Å². The van der Waals surface area contributed by atoms with E-state index in [2.05, 4.69) is 10.4 Å². The molecule has 0 saturated heterocycles. The summed E-state index contributed by atoms with van der Waals surface area (Å²) in [4.78, 5) is 11.0. The zero-order valence-electron chi connectivity index (χ0n) is 9.72. The lowest BCUT2D eigenvalue weighted by Crippen LogP contribution is -2.07. The number of carboxylic acids is 1. The highest BCUT2D eigenvalue weighted by Gasteiger charge is 2.10. The van der Waals surface area contributed by atoms with Crippen molar-refractivity contribution >= 4 is 23.3 Å². The molecule has 0 spiro atoms. The molecule has 0 bridgehead atoms. The molecule has 0 aliphatic rings. The molecule has 0 saturated carbocycles. The molecule has 1 aromatic carbocycles. The summed E-state index contributed by atoms with van der Waals surface area (Å²) in [6.45, 7) is 0.446. The van der Waals surface area contributed by atoms with E-state index in [1.54, 1.807) is 16.8 Å². The van der Waals surface area contributed by atoms with Gasteiger partial charge in [-0.15, -0.1) is 0 Å². The van der Waals surface area contributed by atoms with Crippen LogP contribution < -0.4 is 5.32 Å². The van der Waals surface area contributed by atoms with Crippen molar-refractivity contribution in [3.63, 3.8) is 0 Å². The van der Waals surface area contributed by atoms with E-state index in [1.165, 1.54) is 6.07 Å². The Morgan fingerprint density at radius 3 is 2.89 bits per heavy atom. The normalized spacial score (nSPS) is 10.3. The molecular formula is C12H12ClN3O2. The quantitative estimate of drug-likeness (QED) is 0.891. The van der Waals surface area contributed by atoms with Crippen molar-refractivity contribution in [2.75, 3.05) is 5.32 Å². The number of nitrogens with one attached hydrogen (secondary N) is 1. The van der Waals surface area contributed by atoms with Crippen LogP contribution in [-0.4, -0.2) is 20.9 Å². The Morgan fingerprint density at radius 1 is 1.50 bits per heavy atom. The highest BCUT2D eigenvalue weighted by Crippen LogP contribution is 2.21. The van der Waals surface area contributed by atoms with E-state index in [9.17, 15) is 4.79 Å². The first-order valence-corrected chi connectivity index (χ1v) is 5.69. The molecule has 0 unspecified atom stereocenters. The van der Waals surface area contributed by atoms with Gasteiger partial charge in [-0.05, 0) is 24.3 Å². The van der Waals surface area contributed by atoms with E-state index in [1.807, 2.05) is 19.3 Å². The molecule has 2 aromatic rings. The molecule has 2 rings (SSSR count). The van der Waals surface area contributed by atoms with Gasteiger partial charge in [0.05, 0.1) is 23.5 Å². The van der Waals surface area contributed by atoms with Crippen molar-refractivity contribution in [1.29, 1.82) is 0 Å². The third-order valence-corrected chi connectivity index (χ3v) is 2.68. The molecule has 5 nitrogen and oxygen atoms in total. The fourth-order valence-electron chi connectivity index (χ4n) is 1.59. The lowest BCUT2D eigenvalue weighted by Gasteiger charge is -2.08. The Morgan fingerprint density at radius 2 is 2.28 bits per heavy atom. The summed E-state index contributed by atoms with van der Waals surface area (Å²) in [7, 11) is 1.82. The molecular weight excluding hydrogens is 254 g/mol. The second kappa shape index (κ2) is 5.10. The van der Waals surface area contributed by atoms with Gasteiger partial charge in [0.2, 0.25) is 0 Å². The Balaban J connectivity index is 2.17. The van der Waals surface area contributed by atoms with Gasteiger partial charge < -0.3 is 10.4 Å². The predicted molar refractivity (Wildman–Crippen MR) is 68.9 cm³/mol. The minimum absolute atomic E-state index is 0.190. The Bertz CT molecular complexity index is 580. The van der Waals surface area contributed by atoms with Crippen molar-refractivity contribution in [2.24, 2.45) is 7.05 Å². The first-order chi connectivity index (χ1) is 8.56. The van der Waals surface area contributed by atoms with Gasteiger partial charge in [-0.2, -0.15) is 5.10 Å². The third-order valence-electron chi connectivity index (χ3n) is 2.44. The van der Waals surface area contributed by atoms with Crippen molar-refractivity contribution in [3.8, 4) is 0 Å². The molecule has 0 radical (unpaired) electrons. The van der Waals surface area contributed by atoms with Gasteiger partial charge in [-0.25, -0.2) is 4.79 Å². The molecule has 18 heavy (non-hydrogen) atoms. The fraction of sp³-hybridized carbons (Fsp3) is 0.167. The maximum Gasteiger partial charge on any atom is 0.337 e. The number of aryl methyl sites for hydroxylation is 1. The van der Waals surface area contributed by atoms with Crippen LogP contribution in [0.3, 0.4) is 0 Å². The number of carbonyl (C=O) groups is 1. The molecule has 1 heterocycles. The van der Waals surface area contributed by atoms with Crippen molar-refractivity contribution in [2.45, 2.75) is 6.54 Å². The summed E-state index contributed by atoms with van der Waals surface area (Å²) in [6, 6.07) is 6.48. The summed E-state index contributed by atoms with van der Waals surface area (Å²) in [5, 5.41) is 16.8. The Hall–Kier alpha value is -2.01. The molecule has 0 atom stereocenters. The minimum Gasteiger partial charge on any atom is -0.478 e. The maximum absolute atomic E-state index is 11.0. The summed E-state index contributed by atoms with van der Waals surface area (Å²) in [6.07, 6.45) is 1.83. The average molecular weight is 266 g/mol. The monoisotopic (exact) mass is 265 g/mol. The van der Waals surface area contributed by atoms with Crippen molar-refractivity contribution < 1.29 is 9.90 Å². The van der Waals surface area contributed by atoms with Crippen LogP contribution >= 0.6 is 11.6 Å². The number of aromatic carboxylic acids is 1. The number of anilines is 1. The maximum atomic E-state index is 11.0. The van der Waals surface area contributed by atoms with Crippen LogP contribution in [0.4, 0.5) is 5.69 Å². The van der Waals surface area contributed by atoms with Crippen LogP contribution in [-0.2, 0) is 13.6 Å². The number of carboxylic acid groups (broad SMARTS) is 1. The smallest absolute Gasteiger partial charge is 0.337 e. The molecule has 2 N–H and O–H groups in total. The zero-order chi connectivity index (χ0) is 13.1. The molecule has 94 valence electrons. The van der Waals surface area contributed by atoms with Gasteiger partial charge in [0.25, 0.3) is 0 Å². The topological polar surface area (TPSA) is 67.2 Å². The van der Waals surface area contributed by atoms with Gasteiger partial charge in [0.15, 0.2) is 0 Å². The summed E-state index contributed by atoms with van der Waals surface area (Å²) in [5.74, 6) is -0.991. The zero-order valence-corrected chi connectivity index (χ0v) is 10.5. The molecule has 0 fully saturated rings. The number of benzene rings is 1. The van der Waals surface area contributed by atoms with Gasteiger partial charge in [0, 0.05) is 18.3 Å². The van der Waals surface area contributed by atoms with E-state index >= 15 is 0 Å². The third kappa shape index (κ3) is 2.81. The molecule has 0 amide bonds. The van der Waals surface area contributed by atoms with Crippen LogP contribution in [0.15, 0.2) is 30.5 Å². The van der Waals surface area contributed by atoms with E-state index in [4.69, 9.17) is 16.7 Å². The second-order valence-corrected chi connectivity index (χ2v) is 4.27. The first-order valence-electron chi connectivity index (χ1n) is 5.31. The minimum atomic E-state index is -0.991. The van der Waals surface area contributed by atoms with Gasteiger partial charge >= 0.3 is 5.97 Å². The standard InChI is InChI=1S/C12H12ClN3O2/c1-16-5-4-9(15-16)7-14-11-6-8(13)2-3-10(11)12(17)18/h2-6,14H,7H2,1H3,(H,17,18). The second-order valence-electron chi connectivity index (χ2n) is 3.83. The number of aromatic nitrogens is 2. The molecule has 0 aliphatic carbocycles. The predicted octanol–water partition coefficient (Wildman–Crippen LogP) is 2.38. The van der Waals surface area contributed by atoms with Crippen LogP contribution in [0.1, 0.15) is 16.1 Å². The highest BCUT2D eigenvalue weighted by molar-refractivity contribution is 6.31.